The number of unbranched alkanes of at least 4 members (excludes halogenated alkanes) is 3. The highest BCUT2D eigenvalue weighted by molar-refractivity contribution is 5.96. The summed E-state index contributed by atoms with van der Waals surface area (Å²) in [5, 5.41) is 6.81. The second kappa shape index (κ2) is 16.2. The summed E-state index contributed by atoms with van der Waals surface area (Å²) >= 11 is 0. The molecular weight excluding hydrogens is 508 g/mol. The van der Waals surface area contributed by atoms with Crippen molar-refractivity contribution in [2.24, 2.45) is 0 Å². The number of aryl methyl sites for hydroxylation is 4. The van der Waals surface area contributed by atoms with Crippen LogP contribution in [0.15, 0.2) is 36.4 Å². The number of para-hydroxylation sites is 1. The highest BCUT2D eigenvalue weighted by Gasteiger charge is 2.33. The van der Waals surface area contributed by atoms with Gasteiger partial charge in [0.05, 0.1) is 26.2 Å². The fourth-order valence-electron chi connectivity index (χ4n) is 6.06. The SMILES string of the molecule is CCCC[N+](C)(CCNCCCCCN1CCC1C(=O)Nc1c(C)cccc1C)CC(=O)Cc1c(C)cccc1C. The molecule has 6 nitrogen and oxygen atoms in total. The molecule has 1 heterocycles. The Hall–Kier alpha value is -2.54. The number of carbonyl (C=O) groups is 2. The summed E-state index contributed by atoms with van der Waals surface area (Å²) in [4.78, 5) is 28.3. The minimum atomic E-state index is 0.00290. The summed E-state index contributed by atoms with van der Waals surface area (Å²) in [6.07, 6.45) is 7.19. The molecular formula is C35H55N4O2+. The number of carbonyl (C=O) groups excluding carboxylic acids is 2. The molecule has 3 rings (SSSR count). The van der Waals surface area contributed by atoms with Gasteiger partial charge in [0.15, 0.2) is 5.78 Å². The molecule has 2 atom stereocenters. The average Bonchev–Trinajstić information content (AvgIpc) is 2.90. The molecule has 0 bridgehead atoms. The van der Waals surface area contributed by atoms with Gasteiger partial charge >= 0.3 is 0 Å². The van der Waals surface area contributed by atoms with E-state index in [9.17, 15) is 9.59 Å². The van der Waals surface area contributed by atoms with Crippen molar-refractivity contribution in [1.29, 1.82) is 0 Å². The van der Waals surface area contributed by atoms with E-state index in [1.807, 2.05) is 32.0 Å². The van der Waals surface area contributed by atoms with Crippen LogP contribution in [0.2, 0.25) is 0 Å². The normalized spacial score (nSPS) is 16.7. The van der Waals surface area contributed by atoms with Crippen molar-refractivity contribution in [1.82, 2.24) is 10.2 Å². The van der Waals surface area contributed by atoms with E-state index in [-0.39, 0.29) is 11.9 Å². The number of likely N-dealkylation sites (N-methyl/N-ethyl adjacent to an activating group) is 1. The van der Waals surface area contributed by atoms with Gasteiger partial charge in [0.2, 0.25) is 5.91 Å². The number of rotatable bonds is 18. The third-order valence-electron chi connectivity index (χ3n) is 8.92. The summed E-state index contributed by atoms with van der Waals surface area (Å²) in [6.45, 7) is 17.1. The van der Waals surface area contributed by atoms with E-state index in [4.69, 9.17) is 0 Å². The van der Waals surface area contributed by atoms with Crippen molar-refractivity contribution < 1.29 is 14.1 Å². The minimum Gasteiger partial charge on any atom is -0.324 e. The lowest BCUT2D eigenvalue weighted by Gasteiger charge is -2.40. The van der Waals surface area contributed by atoms with Crippen LogP contribution in [0.25, 0.3) is 0 Å². The van der Waals surface area contributed by atoms with Crippen molar-refractivity contribution in [2.45, 2.75) is 85.6 Å². The first-order chi connectivity index (χ1) is 19.6. The Balaban J connectivity index is 1.33. The largest absolute Gasteiger partial charge is 0.324 e. The molecule has 2 aromatic rings. The molecule has 2 N–H and O–H groups in total. The Morgan fingerprint density at radius 3 is 2.15 bits per heavy atom. The van der Waals surface area contributed by atoms with Crippen LogP contribution in [0.1, 0.15) is 73.3 Å². The molecule has 1 amide bonds. The van der Waals surface area contributed by atoms with Crippen LogP contribution in [-0.2, 0) is 16.0 Å². The number of likely N-dealkylation sites (tertiary alicyclic amines) is 1. The summed E-state index contributed by atoms with van der Waals surface area (Å²) in [7, 11) is 2.25. The zero-order valence-corrected chi connectivity index (χ0v) is 26.7. The number of benzene rings is 2. The van der Waals surface area contributed by atoms with Crippen molar-refractivity contribution in [3.05, 3.63) is 64.2 Å². The van der Waals surface area contributed by atoms with Gasteiger partial charge in [0, 0.05) is 25.2 Å². The third-order valence-corrected chi connectivity index (χ3v) is 8.92. The number of nitrogens with zero attached hydrogens (tertiary/aromatic N) is 2. The van der Waals surface area contributed by atoms with E-state index < -0.39 is 0 Å². The molecule has 226 valence electrons. The van der Waals surface area contributed by atoms with Crippen LogP contribution in [0.3, 0.4) is 0 Å². The maximum Gasteiger partial charge on any atom is 0.241 e. The Bertz CT molecular complexity index is 1110. The molecule has 1 aliphatic rings. The first-order valence-corrected chi connectivity index (χ1v) is 15.9. The van der Waals surface area contributed by atoms with Gasteiger partial charge in [0.1, 0.15) is 6.54 Å². The predicted octanol–water partition coefficient (Wildman–Crippen LogP) is 5.75. The molecule has 1 aliphatic heterocycles. The van der Waals surface area contributed by atoms with Gasteiger partial charge in [-0.3, -0.25) is 14.5 Å². The van der Waals surface area contributed by atoms with E-state index in [1.54, 1.807) is 0 Å². The van der Waals surface area contributed by atoms with Crippen LogP contribution in [0.4, 0.5) is 5.69 Å². The van der Waals surface area contributed by atoms with Crippen molar-refractivity contribution in [2.75, 3.05) is 58.2 Å². The number of hydrogen-bond donors (Lipinski definition) is 2. The molecule has 6 heteroatoms. The molecule has 0 saturated carbocycles. The summed E-state index contributed by atoms with van der Waals surface area (Å²) in [5.41, 5.74) is 6.83. The number of Topliss-reactive ketones (excluding diaryl/α,β-unsaturated/α-hetero) is 1. The highest BCUT2D eigenvalue weighted by Crippen LogP contribution is 2.24. The van der Waals surface area contributed by atoms with Gasteiger partial charge < -0.3 is 15.1 Å². The van der Waals surface area contributed by atoms with Crippen LogP contribution in [-0.4, -0.2) is 80.0 Å². The first-order valence-electron chi connectivity index (χ1n) is 15.9. The summed E-state index contributed by atoms with van der Waals surface area (Å²) in [5.74, 6) is 0.472. The minimum absolute atomic E-state index is 0.00290. The van der Waals surface area contributed by atoms with Crippen LogP contribution >= 0.6 is 0 Å². The van der Waals surface area contributed by atoms with Gasteiger partial charge in [-0.1, -0.05) is 56.2 Å². The molecule has 1 fully saturated rings. The van der Waals surface area contributed by atoms with E-state index >= 15 is 0 Å². The number of quaternary nitrogens is 1. The maximum atomic E-state index is 13.1. The standard InChI is InChI=1S/C35H54N4O2/c1-7-8-23-39(6,26-31(40)25-32-27(2)14-12-15-28(32)3)24-20-36-19-10-9-11-21-38-22-18-33(38)35(41)37-34-29(4)16-13-17-30(34)5/h12-17,33,36H,7-11,18-26H2,1-6H3/p+1. The number of amides is 1. The third kappa shape index (κ3) is 10.1. The lowest BCUT2D eigenvalue weighted by Crippen LogP contribution is -2.54. The summed E-state index contributed by atoms with van der Waals surface area (Å²) in [6, 6.07) is 12.4. The Kier molecular flexibility index (Phi) is 13.0. The highest BCUT2D eigenvalue weighted by atomic mass is 16.2. The average molecular weight is 564 g/mol. The van der Waals surface area contributed by atoms with Crippen LogP contribution in [0.5, 0.6) is 0 Å². The summed E-state index contributed by atoms with van der Waals surface area (Å²) < 4.78 is 0.811. The number of nitrogens with one attached hydrogen (secondary N) is 2. The molecule has 41 heavy (non-hydrogen) atoms. The van der Waals surface area contributed by atoms with E-state index in [2.05, 4.69) is 61.6 Å². The molecule has 2 unspecified atom stereocenters. The van der Waals surface area contributed by atoms with E-state index in [0.717, 1.165) is 99.1 Å². The Morgan fingerprint density at radius 2 is 1.54 bits per heavy atom. The molecule has 0 aliphatic carbocycles. The Morgan fingerprint density at radius 1 is 0.878 bits per heavy atom. The molecule has 2 aromatic carbocycles. The molecule has 0 spiro atoms. The van der Waals surface area contributed by atoms with Crippen molar-refractivity contribution in [3.63, 3.8) is 0 Å². The van der Waals surface area contributed by atoms with E-state index in [0.29, 0.717) is 18.7 Å². The van der Waals surface area contributed by atoms with Gasteiger partial charge in [-0.2, -0.15) is 0 Å². The van der Waals surface area contributed by atoms with Gasteiger partial charge in [-0.05, 0) is 94.3 Å². The second-order valence-electron chi connectivity index (χ2n) is 12.6. The zero-order valence-electron chi connectivity index (χ0n) is 26.7. The number of ketones is 1. The second-order valence-corrected chi connectivity index (χ2v) is 12.6. The van der Waals surface area contributed by atoms with Crippen LogP contribution in [0, 0.1) is 27.7 Å². The molecule has 0 aromatic heterocycles. The van der Waals surface area contributed by atoms with Gasteiger partial charge in [-0.25, -0.2) is 0 Å². The quantitative estimate of drug-likeness (QED) is 0.179. The molecule has 0 radical (unpaired) electrons. The fraction of sp³-hybridized carbons (Fsp3) is 0.600. The smallest absolute Gasteiger partial charge is 0.241 e. The van der Waals surface area contributed by atoms with Crippen LogP contribution < -0.4 is 10.6 Å². The van der Waals surface area contributed by atoms with E-state index in [1.165, 1.54) is 16.7 Å². The van der Waals surface area contributed by atoms with Crippen molar-refractivity contribution in [3.8, 4) is 0 Å². The number of hydrogen-bond acceptors (Lipinski definition) is 4. The topological polar surface area (TPSA) is 61.4 Å². The van der Waals surface area contributed by atoms with Crippen molar-refractivity contribution >= 4 is 17.4 Å². The monoisotopic (exact) mass is 563 g/mol. The predicted molar refractivity (Wildman–Crippen MR) is 172 cm³/mol. The van der Waals surface area contributed by atoms with Gasteiger partial charge in [-0.15, -0.1) is 0 Å². The lowest BCUT2D eigenvalue weighted by molar-refractivity contribution is -0.901. The fourth-order valence-corrected chi connectivity index (χ4v) is 6.06. The van der Waals surface area contributed by atoms with Gasteiger partial charge in [0.25, 0.3) is 0 Å². The lowest BCUT2D eigenvalue weighted by atomic mass is 9.98. The zero-order chi connectivity index (χ0) is 29.8. The molecule has 1 saturated heterocycles. The first kappa shape index (κ1) is 33.0. The Labute approximate surface area is 249 Å². The number of anilines is 1. The maximum absolute atomic E-state index is 13.1.